The molecule has 1 saturated carbocycles. The molecule has 0 spiro atoms. The summed E-state index contributed by atoms with van der Waals surface area (Å²) in [6.07, 6.45) is 8.21. The molecular formula is C14H29N3. The lowest BCUT2D eigenvalue weighted by molar-refractivity contribution is 0.166. The minimum Gasteiger partial charge on any atom is -0.330 e. The lowest BCUT2D eigenvalue weighted by Crippen LogP contribution is -2.46. The fraction of sp³-hybridized carbons (Fsp3) is 1.00. The van der Waals surface area contributed by atoms with Crippen molar-refractivity contribution in [2.24, 2.45) is 11.7 Å². The first kappa shape index (κ1) is 13.3. The van der Waals surface area contributed by atoms with Crippen molar-refractivity contribution in [3.8, 4) is 0 Å². The number of hydrogen-bond acceptors (Lipinski definition) is 3. The Morgan fingerprint density at radius 1 is 1.18 bits per heavy atom. The Balaban J connectivity index is 1.69. The van der Waals surface area contributed by atoms with Crippen LogP contribution in [0, 0.1) is 5.92 Å². The molecule has 0 aromatic carbocycles. The maximum absolute atomic E-state index is 5.82. The fourth-order valence-electron chi connectivity index (χ4n) is 3.40. The van der Waals surface area contributed by atoms with Crippen molar-refractivity contribution < 1.29 is 0 Å². The van der Waals surface area contributed by atoms with E-state index < -0.39 is 0 Å². The third kappa shape index (κ3) is 3.67. The van der Waals surface area contributed by atoms with Crippen LogP contribution in [0.4, 0.5) is 0 Å². The summed E-state index contributed by atoms with van der Waals surface area (Å²) >= 11 is 0. The van der Waals surface area contributed by atoms with Crippen molar-refractivity contribution in [3.05, 3.63) is 0 Å². The standard InChI is InChI=1S/C14H29N3/c1-12(17-8-3-2-4-9-17)11-16-14-7-5-6-13(14)10-15/h12-14,16H,2-11,15H2,1H3. The Bertz CT molecular complexity index is 214. The SMILES string of the molecule is CC(CNC1CCCC1CN)N1CCCCC1. The van der Waals surface area contributed by atoms with Crippen LogP contribution in [-0.4, -0.2) is 43.2 Å². The Morgan fingerprint density at radius 2 is 1.94 bits per heavy atom. The Morgan fingerprint density at radius 3 is 2.65 bits per heavy atom. The third-order valence-corrected chi connectivity index (χ3v) is 4.65. The van der Waals surface area contributed by atoms with Crippen LogP contribution in [0.25, 0.3) is 0 Å². The van der Waals surface area contributed by atoms with Crippen LogP contribution in [0.3, 0.4) is 0 Å². The maximum Gasteiger partial charge on any atom is 0.0192 e. The molecule has 1 heterocycles. The van der Waals surface area contributed by atoms with Gasteiger partial charge >= 0.3 is 0 Å². The topological polar surface area (TPSA) is 41.3 Å². The highest BCUT2D eigenvalue weighted by atomic mass is 15.2. The molecular weight excluding hydrogens is 210 g/mol. The molecule has 3 heteroatoms. The first-order valence-corrected chi connectivity index (χ1v) is 7.48. The number of rotatable bonds is 5. The molecule has 3 atom stereocenters. The van der Waals surface area contributed by atoms with Gasteiger partial charge in [0.05, 0.1) is 0 Å². The second-order valence-electron chi connectivity index (χ2n) is 5.89. The van der Waals surface area contributed by atoms with Gasteiger partial charge in [0.2, 0.25) is 0 Å². The minimum absolute atomic E-state index is 0.687. The van der Waals surface area contributed by atoms with Gasteiger partial charge in [-0.25, -0.2) is 0 Å². The molecule has 0 aromatic rings. The zero-order chi connectivity index (χ0) is 12.1. The number of nitrogens with two attached hydrogens (primary N) is 1. The van der Waals surface area contributed by atoms with Crippen molar-refractivity contribution in [2.75, 3.05) is 26.2 Å². The monoisotopic (exact) mass is 239 g/mol. The smallest absolute Gasteiger partial charge is 0.0192 e. The van der Waals surface area contributed by atoms with Crippen LogP contribution < -0.4 is 11.1 Å². The molecule has 3 N–H and O–H groups in total. The molecule has 1 aliphatic carbocycles. The molecule has 3 nitrogen and oxygen atoms in total. The summed E-state index contributed by atoms with van der Waals surface area (Å²) < 4.78 is 0. The van der Waals surface area contributed by atoms with Crippen LogP contribution in [0.5, 0.6) is 0 Å². The van der Waals surface area contributed by atoms with E-state index in [9.17, 15) is 0 Å². The summed E-state index contributed by atoms with van der Waals surface area (Å²) in [5.41, 5.74) is 5.82. The molecule has 1 aliphatic heterocycles. The summed E-state index contributed by atoms with van der Waals surface area (Å²) in [5, 5.41) is 3.76. The normalized spacial score (nSPS) is 32.8. The van der Waals surface area contributed by atoms with Gasteiger partial charge in [-0.15, -0.1) is 0 Å². The van der Waals surface area contributed by atoms with E-state index in [1.165, 1.54) is 51.6 Å². The van der Waals surface area contributed by atoms with Gasteiger partial charge in [0.15, 0.2) is 0 Å². The average molecular weight is 239 g/mol. The number of piperidine rings is 1. The zero-order valence-corrected chi connectivity index (χ0v) is 11.3. The minimum atomic E-state index is 0.687. The second kappa shape index (κ2) is 6.72. The van der Waals surface area contributed by atoms with Crippen LogP contribution in [0.1, 0.15) is 45.4 Å². The predicted molar refractivity (Wildman–Crippen MR) is 73.1 cm³/mol. The highest BCUT2D eigenvalue weighted by Gasteiger charge is 2.26. The molecule has 0 aromatic heterocycles. The first-order valence-electron chi connectivity index (χ1n) is 7.48. The van der Waals surface area contributed by atoms with Crippen molar-refractivity contribution in [1.29, 1.82) is 0 Å². The van der Waals surface area contributed by atoms with E-state index in [1.807, 2.05) is 0 Å². The Hall–Kier alpha value is -0.120. The Kier molecular flexibility index (Phi) is 5.26. The second-order valence-corrected chi connectivity index (χ2v) is 5.89. The molecule has 0 bridgehead atoms. The highest BCUT2D eigenvalue weighted by Crippen LogP contribution is 2.24. The van der Waals surface area contributed by atoms with Crippen LogP contribution in [0.2, 0.25) is 0 Å². The summed E-state index contributed by atoms with van der Waals surface area (Å²) in [5.74, 6) is 0.726. The van der Waals surface area contributed by atoms with Gasteiger partial charge in [-0.2, -0.15) is 0 Å². The molecule has 1 saturated heterocycles. The molecule has 2 aliphatic rings. The van der Waals surface area contributed by atoms with Crippen LogP contribution in [-0.2, 0) is 0 Å². The van der Waals surface area contributed by atoms with Crippen molar-refractivity contribution in [1.82, 2.24) is 10.2 Å². The third-order valence-electron chi connectivity index (χ3n) is 4.65. The van der Waals surface area contributed by atoms with Gasteiger partial charge in [-0.1, -0.05) is 12.8 Å². The summed E-state index contributed by atoms with van der Waals surface area (Å²) in [4.78, 5) is 2.64. The lowest BCUT2D eigenvalue weighted by atomic mass is 10.0. The van der Waals surface area contributed by atoms with E-state index in [1.54, 1.807) is 0 Å². The van der Waals surface area contributed by atoms with Crippen molar-refractivity contribution in [3.63, 3.8) is 0 Å². The fourth-order valence-corrected chi connectivity index (χ4v) is 3.40. The van der Waals surface area contributed by atoms with Gasteiger partial charge in [0.1, 0.15) is 0 Å². The molecule has 0 amide bonds. The van der Waals surface area contributed by atoms with E-state index in [0.29, 0.717) is 12.1 Å². The number of likely N-dealkylation sites (tertiary alicyclic amines) is 1. The summed E-state index contributed by atoms with van der Waals surface area (Å²) in [6.45, 7) is 6.96. The molecule has 17 heavy (non-hydrogen) atoms. The number of nitrogens with zero attached hydrogens (tertiary/aromatic N) is 1. The van der Waals surface area contributed by atoms with Gasteiger partial charge in [0.25, 0.3) is 0 Å². The van der Waals surface area contributed by atoms with Crippen molar-refractivity contribution >= 4 is 0 Å². The predicted octanol–water partition coefficient (Wildman–Crippen LogP) is 1.58. The van der Waals surface area contributed by atoms with Gasteiger partial charge in [-0.3, -0.25) is 4.90 Å². The van der Waals surface area contributed by atoms with Crippen molar-refractivity contribution in [2.45, 2.75) is 57.5 Å². The van der Waals surface area contributed by atoms with Gasteiger partial charge in [-0.05, 0) is 58.2 Å². The summed E-state index contributed by atoms with van der Waals surface area (Å²) in [7, 11) is 0. The molecule has 0 radical (unpaired) electrons. The van der Waals surface area contributed by atoms with E-state index in [2.05, 4.69) is 17.1 Å². The number of nitrogens with one attached hydrogen (secondary N) is 1. The number of hydrogen-bond donors (Lipinski definition) is 2. The summed E-state index contributed by atoms with van der Waals surface area (Å²) in [6, 6.07) is 1.38. The van der Waals surface area contributed by atoms with Gasteiger partial charge in [0, 0.05) is 18.6 Å². The average Bonchev–Trinajstić information content (AvgIpc) is 2.84. The van der Waals surface area contributed by atoms with E-state index >= 15 is 0 Å². The maximum atomic E-state index is 5.82. The zero-order valence-electron chi connectivity index (χ0n) is 11.3. The first-order chi connectivity index (χ1) is 8.31. The van der Waals surface area contributed by atoms with E-state index in [0.717, 1.165) is 19.0 Å². The Labute approximate surface area is 106 Å². The molecule has 2 fully saturated rings. The molecule has 100 valence electrons. The lowest BCUT2D eigenvalue weighted by Gasteiger charge is -2.33. The quantitative estimate of drug-likeness (QED) is 0.765. The molecule has 2 rings (SSSR count). The van der Waals surface area contributed by atoms with Crippen LogP contribution in [0.15, 0.2) is 0 Å². The van der Waals surface area contributed by atoms with E-state index in [4.69, 9.17) is 5.73 Å². The van der Waals surface area contributed by atoms with E-state index in [-0.39, 0.29) is 0 Å². The van der Waals surface area contributed by atoms with Crippen LogP contribution >= 0.6 is 0 Å². The molecule has 3 unspecified atom stereocenters. The largest absolute Gasteiger partial charge is 0.330 e. The highest BCUT2D eigenvalue weighted by molar-refractivity contribution is 4.85. The van der Waals surface area contributed by atoms with Gasteiger partial charge < -0.3 is 11.1 Å².